The van der Waals surface area contributed by atoms with Gasteiger partial charge in [0.15, 0.2) is 5.16 Å². The van der Waals surface area contributed by atoms with E-state index in [1.807, 2.05) is 0 Å². The number of para-hydroxylation sites is 1. The molecule has 0 unspecified atom stereocenters. The van der Waals surface area contributed by atoms with E-state index in [2.05, 4.69) is 15.5 Å². The minimum absolute atomic E-state index is 0.0298. The van der Waals surface area contributed by atoms with Crippen molar-refractivity contribution >= 4 is 40.0 Å². The van der Waals surface area contributed by atoms with Crippen LogP contribution in [0.15, 0.2) is 87.8 Å². The third-order valence-electron chi connectivity index (χ3n) is 5.25. The van der Waals surface area contributed by atoms with Gasteiger partial charge in [0.1, 0.15) is 5.75 Å². The topological polar surface area (TPSA) is 129 Å². The highest BCUT2D eigenvalue weighted by molar-refractivity contribution is 7.99. The maximum atomic E-state index is 13.3. The van der Waals surface area contributed by atoms with E-state index < -0.39 is 10.8 Å². The number of benzene rings is 3. The van der Waals surface area contributed by atoms with Crippen LogP contribution in [0.25, 0.3) is 16.6 Å². The van der Waals surface area contributed by atoms with Crippen LogP contribution in [0.3, 0.4) is 0 Å². The molecule has 10 nitrogen and oxygen atoms in total. The smallest absolute Gasteiger partial charge is 0.269 e. The molecular formula is C25H21N5O5S. The lowest BCUT2D eigenvalue weighted by molar-refractivity contribution is -0.384. The van der Waals surface area contributed by atoms with Gasteiger partial charge >= 0.3 is 0 Å². The Kier molecular flexibility index (Phi) is 7.40. The van der Waals surface area contributed by atoms with Crippen LogP contribution in [0.5, 0.6) is 5.75 Å². The number of amides is 1. The number of methoxy groups -OCH3 is 1. The Hall–Kier alpha value is -4.51. The molecule has 11 heteroatoms. The Morgan fingerprint density at radius 2 is 1.81 bits per heavy atom. The molecule has 3 aromatic carbocycles. The van der Waals surface area contributed by atoms with E-state index in [9.17, 15) is 19.7 Å². The van der Waals surface area contributed by atoms with Gasteiger partial charge in [-0.2, -0.15) is 5.10 Å². The Labute approximate surface area is 209 Å². The number of nitro benzene ring substituents is 1. The molecule has 1 heterocycles. The molecule has 0 aliphatic rings. The third-order valence-corrected chi connectivity index (χ3v) is 6.19. The molecule has 0 aliphatic heterocycles. The number of carbonyl (C=O) groups excluding carboxylic acids is 1. The Morgan fingerprint density at radius 1 is 1.11 bits per heavy atom. The second-order valence-electron chi connectivity index (χ2n) is 7.57. The monoisotopic (exact) mass is 503 g/mol. The first-order valence-electron chi connectivity index (χ1n) is 10.7. The van der Waals surface area contributed by atoms with Crippen molar-refractivity contribution in [1.29, 1.82) is 0 Å². The van der Waals surface area contributed by atoms with Crippen molar-refractivity contribution in [3.8, 4) is 11.4 Å². The number of hydrogen-bond acceptors (Lipinski definition) is 8. The predicted molar refractivity (Wildman–Crippen MR) is 138 cm³/mol. The number of rotatable bonds is 8. The second-order valence-corrected chi connectivity index (χ2v) is 8.52. The molecule has 0 spiro atoms. The molecule has 0 radical (unpaired) electrons. The average Bonchev–Trinajstić information content (AvgIpc) is 2.90. The molecule has 0 bridgehead atoms. The summed E-state index contributed by atoms with van der Waals surface area (Å²) in [5.41, 5.74) is 4.44. The van der Waals surface area contributed by atoms with Crippen LogP contribution < -0.4 is 15.7 Å². The Bertz CT molecular complexity index is 1520. The molecule has 0 fully saturated rings. The van der Waals surface area contributed by atoms with Crippen molar-refractivity contribution in [3.05, 3.63) is 98.8 Å². The third kappa shape index (κ3) is 5.41. The zero-order valence-corrected chi connectivity index (χ0v) is 20.2. The van der Waals surface area contributed by atoms with Crippen LogP contribution in [0.1, 0.15) is 12.5 Å². The van der Waals surface area contributed by atoms with Gasteiger partial charge in [0.25, 0.3) is 17.2 Å². The number of carbonyl (C=O) groups is 1. The number of nitro groups is 1. The lowest BCUT2D eigenvalue weighted by Crippen LogP contribution is -2.24. The number of fused-ring (bicyclic) bond motifs is 1. The number of thioether (sulfide) groups is 1. The fraction of sp³-hybridized carbons (Fsp3) is 0.120. The summed E-state index contributed by atoms with van der Waals surface area (Å²) in [6, 6.07) is 19.9. The molecule has 0 aliphatic carbocycles. The van der Waals surface area contributed by atoms with Crippen molar-refractivity contribution in [3.63, 3.8) is 0 Å². The molecule has 1 aromatic heterocycles. The van der Waals surface area contributed by atoms with Gasteiger partial charge in [-0.1, -0.05) is 23.9 Å². The van der Waals surface area contributed by atoms with Gasteiger partial charge in [-0.05, 0) is 61.0 Å². The summed E-state index contributed by atoms with van der Waals surface area (Å²) in [5.74, 6) is 0.207. The standard InChI is InChI=1S/C25H21N5O5S/c1-16(17-7-9-19(10-8-17)30(33)34)27-28-23(31)15-36-25-26-22-6-4-3-5-21(22)24(32)29(25)18-11-13-20(35-2)14-12-18/h3-14H,15H2,1-2H3,(H,28,31)/b27-16+. The summed E-state index contributed by atoms with van der Waals surface area (Å²) < 4.78 is 6.67. The first kappa shape index (κ1) is 24.6. The number of nitrogens with zero attached hydrogens (tertiary/aromatic N) is 4. The van der Waals surface area contributed by atoms with E-state index in [1.54, 1.807) is 74.7 Å². The summed E-state index contributed by atoms with van der Waals surface area (Å²) in [5, 5.41) is 15.7. The van der Waals surface area contributed by atoms with Crippen LogP contribution in [-0.2, 0) is 4.79 Å². The lowest BCUT2D eigenvalue weighted by Gasteiger charge is -2.13. The molecule has 182 valence electrons. The molecule has 0 saturated heterocycles. The van der Waals surface area contributed by atoms with Crippen molar-refractivity contribution in [1.82, 2.24) is 15.0 Å². The van der Waals surface area contributed by atoms with Crippen LogP contribution in [0.2, 0.25) is 0 Å². The number of hydrogen-bond donors (Lipinski definition) is 1. The molecule has 4 aromatic rings. The van der Waals surface area contributed by atoms with Crippen LogP contribution >= 0.6 is 11.8 Å². The van der Waals surface area contributed by atoms with Gasteiger partial charge in [0, 0.05) is 12.1 Å². The fourth-order valence-corrected chi connectivity index (χ4v) is 4.17. The van der Waals surface area contributed by atoms with Crippen molar-refractivity contribution < 1.29 is 14.5 Å². The second kappa shape index (κ2) is 10.8. The molecule has 4 rings (SSSR count). The molecular weight excluding hydrogens is 482 g/mol. The largest absolute Gasteiger partial charge is 0.497 e. The van der Waals surface area contributed by atoms with Gasteiger partial charge in [-0.15, -0.1) is 0 Å². The first-order chi connectivity index (χ1) is 17.4. The van der Waals surface area contributed by atoms with Gasteiger partial charge < -0.3 is 4.74 Å². The summed E-state index contributed by atoms with van der Waals surface area (Å²) >= 11 is 1.11. The molecule has 0 saturated carbocycles. The van der Waals surface area contributed by atoms with E-state index in [1.165, 1.54) is 16.7 Å². The maximum absolute atomic E-state index is 13.3. The number of ether oxygens (including phenoxy) is 1. The van der Waals surface area contributed by atoms with E-state index in [0.717, 1.165) is 11.8 Å². The van der Waals surface area contributed by atoms with Gasteiger partial charge in [-0.3, -0.25) is 24.3 Å². The number of hydrazone groups is 1. The summed E-state index contributed by atoms with van der Waals surface area (Å²) in [4.78, 5) is 40.8. The highest BCUT2D eigenvalue weighted by Crippen LogP contribution is 2.23. The maximum Gasteiger partial charge on any atom is 0.269 e. The Morgan fingerprint density at radius 3 is 2.47 bits per heavy atom. The molecule has 1 N–H and O–H groups in total. The zero-order chi connectivity index (χ0) is 25.7. The van der Waals surface area contributed by atoms with Gasteiger partial charge in [-0.25, -0.2) is 10.4 Å². The number of nitrogens with one attached hydrogen (secondary N) is 1. The normalized spacial score (nSPS) is 11.3. The molecule has 0 atom stereocenters. The van der Waals surface area contributed by atoms with E-state index >= 15 is 0 Å². The van der Waals surface area contributed by atoms with E-state index in [0.29, 0.717) is 38.8 Å². The van der Waals surface area contributed by atoms with Crippen molar-refractivity contribution in [2.24, 2.45) is 5.10 Å². The summed E-state index contributed by atoms with van der Waals surface area (Å²) in [6.45, 7) is 1.68. The van der Waals surface area contributed by atoms with Crippen LogP contribution in [0.4, 0.5) is 5.69 Å². The van der Waals surface area contributed by atoms with Crippen LogP contribution in [0, 0.1) is 10.1 Å². The van der Waals surface area contributed by atoms with E-state index in [-0.39, 0.29) is 17.0 Å². The summed E-state index contributed by atoms with van der Waals surface area (Å²) in [6.07, 6.45) is 0. The molecule has 1 amide bonds. The summed E-state index contributed by atoms with van der Waals surface area (Å²) in [7, 11) is 1.56. The van der Waals surface area contributed by atoms with Gasteiger partial charge in [0.05, 0.1) is 40.1 Å². The molecule has 36 heavy (non-hydrogen) atoms. The average molecular weight is 504 g/mol. The Balaban J connectivity index is 1.54. The number of aromatic nitrogens is 2. The lowest BCUT2D eigenvalue weighted by atomic mass is 10.1. The highest BCUT2D eigenvalue weighted by Gasteiger charge is 2.15. The van der Waals surface area contributed by atoms with E-state index in [4.69, 9.17) is 4.74 Å². The SMILES string of the molecule is COc1ccc(-n2c(SCC(=O)N/N=C(\C)c3ccc([N+](=O)[O-])cc3)nc3ccccc3c2=O)cc1. The minimum atomic E-state index is -0.485. The quantitative estimate of drug-likeness (QED) is 0.127. The van der Waals surface area contributed by atoms with Crippen molar-refractivity contribution in [2.45, 2.75) is 12.1 Å². The fourth-order valence-electron chi connectivity index (χ4n) is 3.37. The van der Waals surface area contributed by atoms with Crippen LogP contribution in [-0.4, -0.2) is 39.0 Å². The predicted octanol–water partition coefficient (Wildman–Crippen LogP) is 3.94. The minimum Gasteiger partial charge on any atom is -0.497 e. The highest BCUT2D eigenvalue weighted by atomic mass is 32.2. The first-order valence-corrected chi connectivity index (χ1v) is 11.7. The van der Waals surface area contributed by atoms with Crippen molar-refractivity contribution in [2.75, 3.05) is 12.9 Å². The van der Waals surface area contributed by atoms with Gasteiger partial charge in [0.2, 0.25) is 0 Å². The zero-order valence-electron chi connectivity index (χ0n) is 19.4. The number of non-ortho nitro benzene ring substituents is 1.